The average molecular weight is 465 g/mol. The first-order valence-corrected chi connectivity index (χ1v) is 11.9. The molecular formula is C23H33BrN2O3. The second-order valence-electron chi connectivity index (χ2n) is 9.03. The molecule has 0 bridgehead atoms. The second-order valence-corrected chi connectivity index (χ2v) is 9.88. The van der Waals surface area contributed by atoms with Gasteiger partial charge in [0.2, 0.25) is 0 Å². The van der Waals surface area contributed by atoms with Gasteiger partial charge in [-0.1, -0.05) is 15.9 Å². The molecule has 5 nitrogen and oxygen atoms in total. The van der Waals surface area contributed by atoms with Crippen molar-refractivity contribution in [1.82, 2.24) is 9.80 Å². The van der Waals surface area contributed by atoms with Gasteiger partial charge in [0, 0.05) is 23.5 Å². The molecule has 29 heavy (non-hydrogen) atoms. The Labute approximate surface area is 182 Å². The molecule has 1 aromatic rings. The summed E-state index contributed by atoms with van der Waals surface area (Å²) in [6, 6.07) is 6.26. The number of piperidine rings is 1. The average Bonchev–Trinajstić information content (AvgIpc) is 3.55. The summed E-state index contributed by atoms with van der Waals surface area (Å²) in [4.78, 5) is 16.5. The van der Waals surface area contributed by atoms with Crippen molar-refractivity contribution >= 4 is 22.0 Å². The summed E-state index contributed by atoms with van der Waals surface area (Å²) in [7, 11) is 1.73. The Balaban J connectivity index is 1.19. The van der Waals surface area contributed by atoms with Gasteiger partial charge in [-0.05, 0) is 93.8 Å². The number of methoxy groups -OCH3 is 1. The Kier molecular flexibility index (Phi) is 7.01. The van der Waals surface area contributed by atoms with E-state index >= 15 is 0 Å². The molecule has 2 saturated heterocycles. The molecule has 6 heteroatoms. The molecule has 3 aliphatic rings. The Bertz CT molecular complexity index is 701. The first kappa shape index (κ1) is 21.0. The number of carbonyl (C=O) groups is 1. The minimum absolute atomic E-state index is 0.0994. The summed E-state index contributed by atoms with van der Waals surface area (Å²) in [5, 5.41) is 0. The van der Waals surface area contributed by atoms with E-state index in [0.29, 0.717) is 12.5 Å². The highest BCUT2D eigenvalue weighted by atomic mass is 79.9. The van der Waals surface area contributed by atoms with Crippen LogP contribution >= 0.6 is 15.9 Å². The molecule has 1 saturated carbocycles. The van der Waals surface area contributed by atoms with E-state index in [1.54, 1.807) is 7.11 Å². The van der Waals surface area contributed by atoms with E-state index in [1.807, 2.05) is 11.0 Å². The Morgan fingerprint density at radius 3 is 2.66 bits per heavy atom. The summed E-state index contributed by atoms with van der Waals surface area (Å²) in [6.45, 7) is 5.85. The van der Waals surface area contributed by atoms with Gasteiger partial charge in [-0.3, -0.25) is 0 Å². The molecular weight excluding hydrogens is 432 g/mol. The van der Waals surface area contributed by atoms with Gasteiger partial charge in [0.15, 0.2) is 0 Å². The highest BCUT2D eigenvalue weighted by Gasteiger charge is 2.32. The molecule has 1 aliphatic carbocycles. The number of rotatable bonds is 8. The summed E-state index contributed by atoms with van der Waals surface area (Å²) in [5.74, 6) is 2.88. The van der Waals surface area contributed by atoms with Gasteiger partial charge >= 0.3 is 6.09 Å². The van der Waals surface area contributed by atoms with Crippen LogP contribution in [0.1, 0.15) is 37.7 Å². The van der Waals surface area contributed by atoms with Crippen LogP contribution in [-0.4, -0.2) is 62.3 Å². The number of benzene rings is 1. The lowest BCUT2D eigenvalue weighted by molar-refractivity contribution is 0.0346. The van der Waals surface area contributed by atoms with Gasteiger partial charge in [0.05, 0.1) is 13.7 Å². The maximum Gasteiger partial charge on any atom is 0.409 e. The summed E-state index contributed by atoms with van der Waals surface area (Å²) in [6.07, 6.45) is 7.18. The Morgan fingerprint density at radius 2 is 1.93 bits per heavy atom. The van der Waals surface area contributed by atoms with Crippen LogP contribution in [0.25, 0.3) is 0 Å². The zero-order chi connectivity index (χ0) is 20.2. The smallest absolute Gasteiger partial charge is 0.409 e. The molecule has 1 aromatic carbocycles. The lowest BCUT2D eigenvalue weighted by Crippen LogP contribution is -2.45. The monoisotopic (exact) mass is 464 g/mol. The minimum atomic E-state index is -0.0994. The van der Waals surface area contributed by atoms with E-state index in [9.17, 15) is 4.79 Å². The Morgan fingerprint density at radius 1 is 1.14 bits per heavy atom. The predicted molar refractivity (Wildman–Crippen MR) is 117 cm³/mol. The number of likely N-dealkylation sites (tertiary alicyclic amines) is 1. The van der Waals surface area contributed by atoms with Crippen molar-refractivity contribution in [2.24, 2.45) is 17.8 Å². The molecule has 1 atom stereocenters. The van der Waals surface area contributed by atoms with Crippen LogP contribution in [0.2, 0.25) is 0 Å². The molecule has 2 heterocycles. The van der Waals surface area contributed by atoms with Gasteiger partial charge in [-0.25, -0.2) is 4.79 Å². The number of nitrogens with zero attached hydrogens (tertiary/aromatic N) is 2. The van der Waals surface area contributed by atoms with Crippen molar-refractivity contribution in [2.45, 2.75) is 38.5 Å². The van der Waals surface area contributed by atoms with E-state index in [0.717, 1.165) is 50.1 Å². The van der Waals surface area contributed by atoms with Gasteiger partial charge in [0.1, 0.15) is 5.75 Å². The number of hydrogen-bond donors (Lipinski definition) is 0. The number of ether oxygens (including phenoxy) is 2. The van der Waals surface area contributed by atoms with E-state index in [1.165, 1.54) is 48.8 Å². The second kappa shape index (κ2) is 9.69. The normalized spacial score (nSPS) is 23.9. The third-order valence-corrected chi connectivity index (χ3v) is 7.45. The highest BCUT2D eigenvalue weighted by Crippen LogP contribution is 2.31. The first-order valence-electron chi connectivity index (χ1n) is 11.1. The molecule has 0 N–H and O–H groups in total. The quantitative estimate of drug-likeness (QED) is 0.564. The lowest BCUT2D eigenvalue weighted by Gasteiger charge is -2.35. The van der Waals surface area contributed by atoms with Crippen molar-refractivity contribution in [3.63, 3.8) is 0 Å². The summed E-state index contributed by atoms with van der Waals surface area (Å²) >= 11 is 3.69. The standard InChI is InChI=1S/C23H33BrN2O3/c1-28-21-4-5-22(24)20(13-21)12-17-6-9-25(10-7-17)11-8-19-15-26(14-18-2-3-18)23(27)29-16-19/h4-5,13,17-19H,2-3,6-12,14-16H2,1H3. The van der Waals surface area contributed by atoms with E-state index < -0.39 is 0 Å². The minimum Gasteiger partial charge on any atom is -0.497 e. The molecule has 0 radical (unpaired) electrons. The topological polar surface area (TPSA) is 42.0 Å². The van der Waals surface area contributed by atoms with E-state index in [4.69, 9.17) is 9.47 Å². The summed E-state index contributed by atoms with van der Waals surface area (Å²) < 4.78 is 12.0. The molecule has 160 valence electrons. The maximum absolute atomic E-state index is 11.9. The number of cyclic esters (lactones) is 1. The van der Waals surface area contributed by atoms with Gasteiger partial charge in [0.25, 0.3) is 0 Å². The third kappa shape index (κ3) is 5.88. The molecule has 2 aliphatic heterocycles. The van der Waals surface area contributed by atoms with Crippen LogP contribution in [0.15, 0.2) is 22.7 Å². The van der Waals surface area contributed by atoms with Crippen molar-refractivity contribution in [1.29, 1.82) is 0 Å². The van der Waals surface area contributed by atoms with Gasteiger partial charge in [-0.15, -0.1) is 0 Å². The Hall–Kier alpha value is -1.27. The SMILES string of the molecule is COc1ccc(Br)c(CC2CCN(CCC3COC(=O)N(CC4CC4)C3)CC2)c1. The lowest BCUT2D eigenvalue weighted by atomic mass is 9.90. The fourth-order valence-electron chi connectivity index (χ4n) is 4.58. The van der Waals surface area contributed by atoms with Crippen molar-refractivity contribution in [2.75, 3.05) is 46.4 Å². The highest BCUT2D eigenvalue weighted by molar-refractivity contribution is 9.10. The maximum atomic E-state index is 11.9. The number of carbonyl (C=O) groups excluding carboxylic acids is 1. The van der Waals surface area contributed by atoms with Gasteiger partial charge in [-0.2, -0.15) is 0 Å². The third-order valence-electron chi connectivity index (χ3n) is 6.68. The fourth-order valence-corrected chi connectivity index (χ4v) is 4.99. The zero-order valence-electron chi connectivity index (χ0n) is 17.4. The van der Waals surface area contributed by atoms with Crippen LogP contribution in [0, 0.1) is 17.8 Å². The van der Waals surface area contributed by atoms with Crippen LogP contribution in [0.5, 0.6) is 5.75 Å². The first-order chi connectivity index (χ1) is 14.1. The molecule has 0 aromatic heterocycles. The van der Waals surface area contributed by atoms with Crippen molar-refractivity contribution < 1.29 is 14.3 Å². The van der Waals surface area contributed by atoms with Gasteiger partial charge < -0.3 is 19.3 Å². The van der Waals surface area contributed by atoms with Crippen LogP contribution in [0.4, 0.5) is 4.79 Å². The molecule has 0 spiro atoms. The number of amides is 1. The van der Waals surface area contributed by atoms with E-state index in [2.05, 4.69) is 33.0 Å². The number of hydrogen-bond acceptors (Lipinski definition) is 4. The van der Waals surface area contributed by atoms with Crippen molar-refractivity contribution in [3.8, 4) is 5.75 Å². The summed E-state index contributed by atoms with van der Waals surface area (Å²) in [5.41, 5.74) is 1.35. The molecule has 1 amide bonds. The van der Waals surface area contributed by atoms with Crippen LogP contribution in [0.3, 0.4) is 0 Å². The largest absolute Gasteiger partial charge is 0.497 e. The predicted octanol–water partition coefficient (Wildman–Crippen LogP) is 4.58. The fraction of sp³-hybridized carbons (Fsp3) is 0.696. The van der Waals surface area contributed by atoms with Crippen LogP contribution < -0.4 is 4.74 Å². The molecule has 3 fully saturated rings. The molecule has 4 rings (SSSR count). The number of halogens is 1. The molecule has 1 unspecified atom stereocenters. The zero-order valence-corrected chi connectivity index (χ0v) is 19.0. The van der Waals surface area contributed by atoms with Crippen LogP contribution in [-0.2, 0) is 11.2 Å². The van der Waals surface area contributed by atoms with Crippen molar-refractivity contribution in [3.05, 3.63) is 28.2 Å². The van der Waals surface area contributed by atoms with E-state index in [-0.39, 0.29) is 6.09 Å².